The van der Waals surface area contributed by atoms with Crippen molar-refractivity contribution in [2.75, 3.05) is 18.0 Å². The van der Waals surface area contributed by atoms with Gasteiger partial charge in [-0.05, 0) is 11.6 Å². The highest BCUT2D eigenvalue weighted by Gasteiger charge is 2.22. The highest BCUT2D eigenvalue weighted by molar-refractivity contribution is 5.88. The van der Waals surface area contributed by atoms with Gasteiger partial charge in [-0.25, -0.2) is 0 Å². The minimum Gasteiger partial charge on any atom is -0.364 e. The second-order valence-electron chi connectivity index (χ2n) is 5.32. The van der Waals surface area contributed by atoms with Crippen LogP contribution in [0.5, 0.6) is 0 Å². The third-order valence-electron chi connectivity index (χ3n) is 3.44. The Morgan fingerprint density at radius 2 is 1.70 bits per heavy atom. The first-order valence-corrected chi connectivity index (χ1v) is 7.12. The molecule has 0 heterocycles. The maximum atomic E-state index is 12.3. The maximum Gasteiger partial charge on any atom is 0.142 e. The van der Waals surface area contributed by atoms with Gasteiger partial charge in [0.15, 0.2) is 0 Å². The molecule has 0 amide bonds. The van der Waals surface area contributed by atoms with Crippen molar-refractivity contribution in [2.45, 2.75) is 26.7 Å². The molecule has 0 aromatic heterocycles. The molecule has 0 aliphatic heterocycles. The van der Waals surface area contributed by atoms with Gasteiger partial charge in [-0.1, -0.05) is 51.1 Å². The zero-order valence-corrected chi connectivity index (χ0v) is 12.8. The molecule has 1 aromatic carbocycles. The van der Waals surface area contributed by atoms with Gasteiger partial charge in [-0.15, -0.1) is 13.2 Å². The summed E-state index contributed by atoms with van der Waals surface area (Å²) in [6, 6.07) is 8.10. The number of carbonyl (C=O) groups is 1. The fourth-order valence-corrected chi connectivity index (χ4v) is 2.38. The molecule has 0 fully saturated rings. The topological polar surface area (TPSA) is 20.3 Å². The van der Waals surface area contributed by atoms with Crippen molar-refractivity contribution in [3.05, 3.63) is 55.1 Å². The summed E-state index contributed by atoms with van der Waals surface area (Å²) < 4.78 is 0. The normalized spacial score (nSPS) is 12.0. The number of anilines is 1. The van der Waals surface area contributed by atoms with Crippen LogP contribution in [0.3, 0.4) is 0 Å². The van der Waals surface area contributed by atoms with Crippen LogP contribution in [-0.2, 0) is 4.79 Å². The third-order valence-corrected chi connectivity index (χ3v) is 3.44. The van der Waals surface area contributed by atoms with E-state index >= 15 is 0 Å². The first-order chi connectivity index (χ1) is 9.52. The van der Waals surface area contributed by atoms with Crippen molar-refractivity contribution < 1.29 is 4.79 Å². The number of hydrogen-bond donors (Lipinski definition) is 0. The Hall–Kier alpha value is -1.83. The van der Waals surface area contributed by atoms with E-state index in [1.165, 1.54) is 0 Å². The summed E-state index contributed by atoms with van der Waals surface area (Å²) in [4.78, 5) is 14.5. The zero-order chi connectivity index (χ0) is 15.1. The number of Topliss-reactive ketones (excluding diaryl/α,β-unsaturated/α-hetero) is 1. The average Bonchev–Trinajstić information content (AvgIpc) is 2.45. The fraction of sp³-hybridized carbons (Fsp3) is 0.389. The number of carbonyl (C=O) groups excluding carboxylic acids is 1. The summed E-state index contributed by atoms with van der Waals surface area (Å²) in [5.74, 6) is 0.225. The Labute approximate surface area is 122 Å². The molecule has 2 heteroatoms. The number of para-hydroxylation sites is 1. The lowest BCUT2D eigenvalue weighted by Gasteiger charge is -2.27. The highest BCUT2D eigenvalue weighted by atomic mass is 16.1. The van der Waals surface area contributed by atoms with Crippen molar-refractivity contribution in [3.8, 4) is 0 Å². The molecular weight excluding hydrogens is 246 g/mol. The van der Waals surface area contributed by atoms with Crippen LogP contribution in [0, 0.1) is 5.92 Å². The van der Waals surface area contributed by atoms with Crippen molar-refractivity contribution in [1.82, 2.24) is 0 Å². The smallest absolute Gasteiger partial charge is 0.142 e. The standard InChI is InChI=1S/C18H25NO/c1-6-12-19(13-7-2)17-11-9-8-10-16(17)15(5)18(20)14(3)4/h6-11,14-15H,1-2,12-13H2,3-5H3. The summed E-state index contributed by atoms with van der Waals surface area (Å²) in [7, 11) is 0. The van der Waals surface area contributed by atoms with Crippen LogP contribution in [0.1, 0.15) is 32.3 Å². The van der Waals surface area contributed by atoms with Crippen molar-refractivity contribution in [3.63, 3.8) is 0 Å². The number of ketones is 1. The number of nitrogens with zero attached hydrogens (tertiary/aromatic N) is 1. The Morgan fingerprint density at radius 1 is 1.15 bits per heavy atom. The van der Waals surface area contributed by atoms with Crippen LogP contribution in [0.15, 0.2) is 49.6 Å². The summed E-state index contributed by atoms with van der Waals surface area (Å²) in [6.07, 6.45) is 3.74. The van der Waals surface area contributed by atoms with Gasteiger partial charge in [0.1, 0.15) is 5.78 Å². The van der Waals surface area contributed by atoms with Gasteiger partial charge in [0, 0.05) is 30.6 Å². The summed E-state index contributed by atoms with van der Waals surface area (Å²) in [6.45, 7) is 15.0. The summed E-state index contributed by atoms with van der Waals surface area (Å²) >= 11 is 0. The van der Waals surface area contributed by atoms with Gasteiger partial charge >= 0.3 is 0 Å². The Balaban J connectivity index is 3.17. The van der Waals surface area contributed by atoms with E-state index in [0.717, 1.165) is 24.3 Å². The van der Waals surface area contributed by atoms with E-state index in [0.29, 0.717) is 0 Å². The monoisotopic (exact) mass is 271 g/mol. The third kappa shape index (κ3) is 3.83. The van der Waals surface area contributed by atoms with Gasteiger partial charge in [0.05, 0.1) is 0 Å². The molecule has 0 saturated carbocycles. The lowest BCUT2D eigenvalue weighted by atomic mass is 9.89. The molecule has 1 aromatic rings. The SMILES string of the molecule is C=CCN(CC=C)c1ccccc1C(C)C(=O)C(C)C. The Bertz CT molecular complexity index is 466. The van der Waals surface area contributed by atoms with E-state index < -0.39 is 0 Å². The summed E-state index contributed by atoms with van der Waals surface area (Å²) in [5.41, 5.74) is 2.17. The van der Waals surface area contributed by atoms with Crippen LogP contribution in [0.4, 0.5) is 5.69 Å². The maximum absolute atomic E-state index is 12.3. The molecule has 1 rings (SSSR count). The van der Waals surface area contributed by atoms with Gasteiger partial charge in [0.2, 0.25) is 0 Å². The van der Waals surface area contributed by atoms with Crippen LogP contribution in [-0.4, -0.2) is 18.9 Å². The Kier molecular flexibility index (Phi) is 6.23. The van der Waals surface area contributed by atoms with E-state index in [1.54, 1.807) is 0 Å². The van der Waals surface area contributed by atoms with Crippen LogP contribution in [0.2, 0.25) is 0 Å². The fourth-order valence-electron chi connectivity index (χ4n) is 2.38. The van der Waals surface area contributed by atoms with Crippen molar-refractivity contribution >= 4 is 11.5 Å². The van der Waals surface area contributed by atoms with Gasteiger partial charge in [-0.2, -0.15) is 0 Å². The molecular formula is C18H25NO. The highest BCUT2D eigenvalue weighted by Crippen LogP contribution is 2.29. The Morgan fingerprint density at radius 3 is 2.20 bits per heavy atom. The largest absolute Gasteiger partial charge is 0.364 e. The molecule has 2 nitrogen and oxygen atoms in total. The number of benzene rings is 1. The number of rotatable bonds is 8. The predicted octanol–water partition coefficient (Wildman–Crippen LogP) is 4.19. The van der Waals surface area contributed by atoms with E-state index in [9.17, 15) is 4.79 Å². The van der Waals surface area contributed by atoms with E-state index in [2.05, 4.69) is 24.1 Å². The molecule has 20 heavy (non-hydrogen) atoms. The molecule has 1 unspecified atom stereocenters. The first kappa shape index (κ1) is 16.2. The number of hydrogen-bond acceptors (Lipinski definition) is 2. The molecule has 0 spiro atoms. The molecule has 1 atom stereocenters. The molecule has 0 saturated heterocycles. The second kappa shape index (κ2) is 7.68. The molecule has 0 radical (unpaired) electrons. The lowest BCUT2D eigenvalue weighted by Crippen LogP contribution is -2.26. The summed E-state index contributed by atoms with van der Waals surface area (Å²) in [5, 5.41) is 0. The quantitative estimate of drug-likeness (QED) is 0.661. The van der Waals surface area contributed by atoms with Crippen LogP contribution < -0.4 is 4.90 Å². The molecule has 108 valence electrons. The van der Waals surface area contributed by atoms with Gasteiger partial charge in [-0.3, -0.25) is 4.79 Å². The average molecular weight is 271 g/mol. The van der Waals surface area contributed by atoms with Gasteiger partial charge in [0.25, 0.3) is 0 Å². The molecule has 0 N–H and O–H groups in total. The van der Waals surface area contributed by atoms with Crippen LogP contribution in [0.25, 0.3) is 0 Å². The van der Waals surface area contributed by atoms with E-state index in [4.69, 9.17) is 0 Å². The van der Waals surface area contributed by atoms with E-state index in [-0.39, 0.29) is 17.6 Å². The van der Waals surface area contributed by atoms with Crippen molar-refractivity contribution in [1.29, 1.82) is 0 Å². The minimum atomic E-state index is -0.0941. The first-order valence-electron chi connectivity index (χ1n) is 7.12. The second-order valence-corrected chi connectivity index (χ2v) is 5.32. The van der Waals surface area contributed by atoms with E-state index in [1.807, 2.05) is 51.1 Å². The molecule has 0 aliphatic rings. The van der Waals surface area contributed by atoms with Crippen molar-refractivity contribution in [2.24, 2.45) is 5.92 Å². The predicted molar refractivity (Wildman–Crippen MR) is 87.3 cm³/mol. The minimum absolute atomic E-state index is 0.0466. The van der Waals surface area contributed by atoms with Crippen LogP contribution >= 0.6 is 0 Å². The lowest BCUT2D eigenvalue weighted by molar-refractivity contribution is -0.123. The molecule has 0 bridgehead atoms. The zero-order valence-electron chi connectivity index (χ0n) is 12.8. The molecule has 0 aliphatic carbocycles. The van der Waals surface area contributed by atoms with Gasteiger partial charge < -0.3 is 4.90 Å².